The molecule has 0 aliphatic carbocycles. The van der Waals surface area contributed by atoms with Gasteiger partial charge >= 0.3 is 5.97 Å². The smallest absolute Gasteiger partial charge is 0.351 e. The predicted molar refractivity (Wildman–Crippen MR) is 75.0 cm³/mol. The van der Waals surface area contributed by atoms with Crippen LogP contribution in [0, 0.1) is 10.9 Å². The second kappa shape index (κ2) is 4.91. The summed E-state index contributed by atoms with van der Waals surface area (Å²) in [6.07, 6.45) is 0. The molecule has 0 atom stereocenters. The molecule has 1 aromatic carbocycles. The van der Waals surface area contributed by atoms with Crippen LogP contribution in [0.1, 0.15) is 15.2 Å². The largest absolute Gasteiger partial charge is 0.465 e. The highest BCUT2D eigenvalue weighted by Gasteiger charge is 2.18. The first-order chi connectivity index (χ1) is 8.54. The van der Waals surface area contributed by atoms with E-state index in [1.807, 2.05) is 31.2 Å². The maximum Gasteiger partial charge on any atom is 0.351 e. The lowest BCUT2D eigenvalue weighted by Crippen LogP contribution is -2.06. The van der Waals surface area contributed by atoms with Gasteiger partial charge in [0.1, 0.15) is 5.82 Å². The zero-order chi connectivity index (χ0) is 13.3. The molecule has 18 heavy (non-hydrogen) atoms. The number of carbonyl (C=O) groups is 1. The van der Waals surface area contributed by atoms with Gasteiger partial charge in [-0.2, -0.15) is 0 Å². The average Bonchev–Trinajstić information content (AvgIpc) is 2.65. The van der Waals surface area contributed by atoms with Crippen molar-refractivity contribution in [2.24, 2.45) is 0 Å². The Morgan fingerprint density at radius 2 is 2.00 bits per heavy atom. The quantitative estimate of drug-likeness (QED) is 0.679. The number of hydrogen-bond donors (Lipinski definition) is 1. The lowest BCUT2D eigenvalue weighted by molar-refractivity contribution is 0.0607. The summed E-state index contributed by atoms with van der Waals surface area (Å²) in [5.41, 5.74) is 7.94. The van der Waals surface area contributed by atoms with Gasteiger partial charge in [0.15, 0.2) is 8.83 Å². The molecule has 0 saturated carbocycles. The molecule has 0 spiro atoms. The first-order valence-electron chi connectivity index (χ1n) is 5.21. The fourth-order valence-electron chi connectivity index (χ4n) is 1.56. The number of nitrogens with two attached hydrogens (primary N) is 1. The molecule has 0 amide bonds. The molecule has 0 bridgehead atoms. The van der Waals surface area contributed by atoms with Crippen molar-refractivity contribution in [3.8, 4) is 5.69 Å². The standard InChI is InChI=1S/C12H12N2O2S2/c1-7-3-5-8(6-4-7)14-10(13)9(11(15)16-2)18-12(14)17/h3-6H,13H2,1-2H3. The van der Waals surface area contributed by atoms with Gasteiger partial charge in [0.05, 0.1) is 7.11 Å². The lowest BCUT2D eigenvalue weighted by Gasteiger charge is -2.06. The number of aromatic nitrogens is 1. The fourth-order valence-corrected chi connectivity index (χ4v) is 2.85. The minimum absolute atomic E-state index is 0.320. The minimum atomic E-state index is -0.463. The Morgan fingerprint density at radius 3 is 2.56 bits per heavy atom. The summed E-state index contributed by atoms with van der Waals surface area (Å²) in [6, 6.07) is 7.75. The molecule has 0 unspecified atom stereocenters. The number of esters is 1. The van der Waals surface area contributed by atoms with Gasteiger partial charge in [-0.25, -0.2) is 4.79 Å². The molecule has 0 aliphatic heterocycles. The number of carbonyl (C=O) groups excluding carboxylic acids is 1. The van der Waals surface area contributed by atoms with E-state index in [0.29, 0.717) is 14.6 Å². The number of hydrogen-bond acceptors (Lipinski definition) is 5. The van der Waals surface area contributed by atoms with Crippen LogP contribution in [0.5, 0.6) is 0 Å². The summed E-state index contributed by atoms with van der Waals surface area (Å²) in [6.45, 7) is 2.00. The van der Waals surface area contributed by atoms with Gasteiger partial charge in [0, 0.05) is 5.69 Å². The first kappa shape index (κ1) is 12.8. The average molecular weight is 280 g/mol. The predicted octanol–water partition coefficient (Wildman–Crippen LogP) is 2.95. The number of ether oxygens (including phenoxy) is 1. The SMILES string of the molecule is COC(=O)c1sc(=S)n(-c2ccc(C)cc2)c1N. The Balaban J connectivity index is 2.59. The summed E-state index contributed by atoms with van der Waals surface area (Å²) in [4.78, 5) is 11.9. The fraction of sp³-hybridized carbons (Fsp3) is 0.167. The van der Waals surface area contributed by atoms with Gasteiger partial charge in [0.25, 0.3) is 0 Å². The molecule has 0 radical (unpaired) electrons. The zero-order valence-electron chi connectivity index (χ0n) is 9.97. The summed E-state index contributed by atoms with van der Waals surface area (Å²) >= 11 is 6.39. The van der Waals surface area contributed by atoms with Crippen LogP contribution in [0.25, 0.3) is 5.69 Å². The maximum absolute atomic E-state index is 11.5. The Hall–Kier alpha value is -1.66. The molecule has 1 aromatic heterocycles. The van der Waals surface area contributed by atoms with Gasteiger partial charge in [-0.1, -0.05) is 29.0 Å². The summed E-state index contributed by atoms with van der Waals surface area (Å²) in [7, 11) is 1.32. The monoisotopic (exact) mass is 280 g/mol. The van der Waals surface area contributed by atoms with Crippen LogP contribution >= 0.6 is 23.6 Å². The van der Waals surface area contributed by atoms with Gasteiger partial charge < -0.3 is 10.5 Å². The lowest BCUT2D eigenvalue weighted by atomic mass is 10.2. The Kier molecular flexibility index (Phi) is 3.49. The molecule has 0 saturated heterocycles. The molecule has 4 nitrogen and oxygen atoms in total. The van der Waals surface area contributed by atoms with E-state index in [2.05, 4.69) is 4.74 Å². The molecule has 2 N–H and O–H groups in total. The molecule has 6 heteroatoms. The number of methoxy groups -OCH3 is 1. The van der Waals surface area contributed by atoms with Crippen LogP contribution in [0.4, 0.5) is 5.82 Å². The van der Waals surface area contributed by atoms with E-state index >= 15 is 0 Å². The van der Waals surface area contributed by atoms with Crippen LogP contribution in [-0.2, 0) is 4.74 Å². The van der Waals surface area contributed by atoms with Gasteiger partial charge in [-0.3, -0.25) is 4.57 Å². The molecule has 2 aromatic rings. The highest BCUT2D eigenvalue weighted by atomic mass is 32.1. The van der Waals surface area contributed by atoms with Crippen molar-refractivity contribution < 1.29 is 9.53 Å². The van der Waals surface area contributed by atoms with Crippen LogP contribution in [0.15, 0.2) is 24.3 Å². The van der Waals surface area contributed by atoms with E-state index in [0.717, 1.165) is 22.6 Å². The van der Waals surface area contributed by atoms with Gasteiger partial charge in [-0.05, 0) is 31.3 Å². The van der Waals surface area contributed by atoms with E-state index < -0.39 is 5.97 Å². The second-order valence-corrected chi connectivity index (χ2v) is 5.39. The molecule has 94 valence electrons. The highest BCUT2D eigenvalue weighted by molar-refractivity contribution is 7.73. The zero-order valence-corrected chi connectivity index (χ0v) is 11.6. The third kappa shape index (κ3) is 2.16. The second-order valence-electron chi connectivity index (χ2n) is 3.74. The third-order valence-corrected chi connectivity index (χ3v) is 3.88. The van der Waals surface area contributed by atoms with Crippen molar-refractivity contribution in [1.29, 1.82) is 0 Å². The van der Waals surface area contributed by atoms with Crippen molar-refractivity contribution in [2.75, 3.05) is 12.8 Å². The normalized spacial score (nSPS) is 10.3. The van der Waals surface area contributed by atoms with E-state index in [1.54, 1.807) is 4.57 Å². The molecule has 0 fully saturated rings. The minimum Gasteiger partial charge on any atom is -0.465 e. The molecule has 0 aliphatic rings. The summed E-state index contributed by atoms with van der Waals surface area (Å²) in [5.74, 6) is -0.143. The number of aryl methyl sites for hydroxylation is 1. The van der Waals surface area contributed by atoms with E-state index in [4.69, 9.17) is 18.0 Å². The number of anilines is 1. The number of benzene rings is 1. The maximum atomic E-state index is 11.5. The van der Waals surface area contributed by atoms with Crippen molar-refractivity contribution in [3.05, 3.63) is 38.7 Å². The van der Waals surface area contributed by atoms with Crippen LogP contribution in [-0.4, -0.2) is 17.6 Å². The Labute approximate surface area is 114 Å². The molecular formula is C12H12N2O2S2. The van der Waals surface area contributed by atoms with Crippen molar-refractivity contribution in [1.82, 2.24) is 4.57 Å². The Morgan fingerprint density at radius 1 is 1.39 bits per heavy atom. The summed E-state index contributed by atoms with van der Waals surface area (Å²) < 4.78 is 6.87. The van der Waals surface area contributed by atoms with Crippen LogP contribution in [0.2, 0.25) is 0 Å². The van der Waals surface area contributed by atoms with Crippen molar-refractivity contribution in [2.45, 2.75) is 6.92 Å². The third-order valence-electron chi connectivity index (χ3n) is 2.51. The topological polar surface area (TPSA) is 57.2 Å². The van der Waals surface area contributed by atoms with E-state index in [-0.39, 0.29) is 0 Å². The Bertz CT molecular complexity index is 641. The van der Waals surface area contributed by atoms with Crippen LogP contribution < -0.4 is 5.73 Å². The van der Waals surface area contributed by atoms with E-state index in [1.165, 1.54) is 7.11 Å². The number of rotatable bonds is 2. The van der Waals surface area contributed by atoms with Gasteiger partial charge in [0.2, 0.25) is 0 Å². The number of nitrogen functional groups attached to an aromatic ring is 1. The molecule has 1 heterocycles. The van der Waals surface area contributed by atoms with E-state index in [9.17, 15) is 4.79 Å². The van der Waals surface area contributed by atoms with Crippen molar-refractivity contribution >= 4 is 35.3 Å². The highest BCUT2D eigenvalue weighted by Crippen LogP contribution is 2.26. The summed E-state index contributed by atoms with van der Waals surface area (Å²) in [5, 5.41) is 0. The molecule has 2 rings (SSSR count). The van der Waals surface area contributed by atoms with Crippen LogP contribution in [0.3, 0.4) is 0 Å². The number of nitrogens with zero attached hydrogens (tertiary/aromatic N) is 1. The van der Waals surface area contributed by atoms with Gasteiger partial charge in [-0.15, -0.1) is 0 Å². The van der Waals surface area contributed by atoms with Crippen molar-refractivity contribution in [3.63, 3.8) is 0 Å². The molecular weight excluding hydrogens is 268 g/mol. The number of thiazole rings is 1. The first-order valence-corrected chi connectivity index (χ1v) is 6.43.